The van der Waals surface area contributed by atoms with Gasteiger partial charge in [0.05, 0.1) is 23.9 Å². The van der Waals surface area contributed by atoms with E-state index in [1.165, 1.54) is 35.2 Å². The van der Waals surface area contributed by atoms with Crippen LogP contribution in [0.3, 0.4) is 0 Å². The molecule has 0 bridgehead atoms. The van der Waals surface area contributed by atoms with Crippen molar-refractivity contribution >= 4 is 29.6 Å². The Morgan fingerprint density at radius 1 is 1.12 bits per heavy atom. The van der Waals surface area contributed by atoms with Crippen LogP contribution in [0.25, 0.3) is 16.9 Å². The number of nitrogens with zero attached hydrogens (tertiary/aromatic N) is 5. The first-order chi connectivity index (χ1) is 20.5. The average Bonchev–Trinajstić information content (AvgIpc) is 3.46. The Kier molecular flexibility index (Phi) is 9.96. The van der Waals surface area contributed by atoms with Crippen molar-refractivity contribution < 1.29 is 22.8 Å². The van der Waals surface area contributed by atoms with Gasteiger partial charge in [0, 0.05) is 28.9 Å². The van der Waals surface area contributed by atoms with Crippen LogP contribution in [-0.2, 0) is 22.3 Å². The van der Waals surface area contributed by atoms with Gasteiger partial charge in [0.15, 0.2) is 5.69 Å². The van der Waals surface area contributed by atoms with Crippen molar-refractivity contribution in [2.45, 2.75) is 51.9 Å². The third-order valence-electron chi connectivity index (χ3n) is 6.68. The fraction of sp³-hybridized carbons (Fsp3) is 0.310. The number of nitrogens with one attached hydrogen (secondary N) is 2. The lowest BCUT2D eigenvalue weighted by molar-refractivity contribution is -0.141. The lowest BCUT2D eigenvalue weighted by Gasteiger charge is -2.20. The number of hydrogen-bond donors (Lipinski definition) is 2. The van der Waals surface area contributed by atoms with Crippen molar-refractivity contribution in [3.63, 3.8) is 0 Å². The number of benzene rings is 2. The van der Waals surface area contributed by atoms with E-state index in [1.807, 2.05) is 0 Å². The van der Waals surface area contributed by atoms with Crippen molar-refractivity contribution in [1.82, 2.24) is 29.9 Å². The maximum atomic E-state index is 13.4. The third kappa shape index (κ3) is 7.86. The Hall–Kier alpha value is -4.52. The molecule has 2 heterocycles. The Morgan fingerprint density at radius 2 is 1.88 bits per heavy atom. The summed E-state index contributed by atoms with van der Waals surface area (Å²) in [5.74, 6) is -0.0230. The minimum atomic E-state index is -4.69. The molecule has 10 nitrogen and oxygen atoms in total. The summed E-state index contributed by atoms with van der Waals surface area (Å²) in [6, 6.07) is 11.7. The molecule has 0 aliphatic carbocycles. The molecule has 0 saturated heterocycles. The SMILES string of the molecule is CC(C)CCC[C@@H](C(=O)NCc1ccccc1NC=O)n1cnc(-c2cc(Cl)ccc2-n2cc(C(F)(F)F)nn2)cc1=O. The van der Waals surface area contributed by atoms with Gasteiger partial charge in [-0.3, -0.25) is 19.0 Å². The number of amides is 2. The van der Waals surface area contributed by atoms with Gasteiger partial charge in [0.1, 0.15) is 6.04 Å². The molecule has 2 amide bonds. The van der Waals surface area contributed by atoms with Crippen LogP contribution in [0, 0.1) is 5.92 Å². The molecular formula is C29H29ClF3N7O3. The van der Waals surface area contributed by atoms with Gasteiger partial charge >= 0.3 is 6.18 Å². The van der Waals surface area contributed by atoms with Crippen LogP contribution >= 0.6 is 11.6 Å². The fourth-order valence-electron chi connectivity index (χ4n) is 4.51. The minimum Gasteiger partial charge on any atom is -0.350 e. The first-order valence-electron chi connectivity index (χ1n) is 13.4. The Balaban J connectivity index is 1.65. The van der Waals surface area contributed by atoms with E-state index in [0.717, 1.165) is 17.3 Å². The number of rotatable bonds is 12. The molecule has 2 N–H and O–H groups in total. The monoisotopic (exact) mass is 615 g/mol. The van der Waals surface area contributed by atoms with Crippen LogP contribution < -0.4 is 16.2 Å². The molecule has 0 unspecified atom stereocenters. The van der Waals surface area contributed by atoms with E-state index < -0.39 is 29.4 Å². The number of aromatic nitrogens is 5. The van der Waals surface area contributed by atoms with E-state index in [2.05, 4.69) is 39.8 Å². The second-order valence-corrected chi connectivity index (χ2v) is 10.6. The molecule has 0 radical (unpaired) electrons. The lowest BCUT2D eigenvalue weighted by Crippen LogP contribution is -2.37. The van der Waals surface area contributed by atoms with Crippen molar-refractivity contribution in [3.05, 3.63) is 87.7 Å². The molecule has 1 atom stereocenters. The van der Waals surface area contributed by atoms with Crippen molar-refractivity contribution in [2.24, 2.45) is 5.92 Å². The number of hydrogen-bond acceptors (Lipinski definition) is 6. The minimum absolute atomic E-state index is 0.112. The summed E-state index contributed by atoms with van der Waals surface area (Å²) in [7, 11) is 0. The highest BCUT2D eigenvalue weighted by Gasteiger charge is 2.35. The number of alkyl halides is 3. The number of para-hydroxylation sites is 1. The summed E-state index contributed by atoms with van der Waals surface area (Å²) in [5.41, 5.74) is 0.0403. The van der Waals surface area contributed by atoms with E-state index in [9.17, 15) is 27.6 Å². The van der Waals surface area contributed by atoms with Gasteiger partial charge in [-0.05, 0) is 42.2 Å². The molecule has 43 heavy (non-hydrogen) atoms. The maximum absolute atomic E-state index is 13.4. The third-order valence-corrected chi connectivity index (χ3v) is 6.92. The summed E-state index contributed by atoms with van der Waals surface area (Å²) in [6.07, 6.45) is -0.314. The van der Waals surface area contributed by atoms with Gasteiger partial charge in [-0.15, -0.1) is 5.10 Å². The number of halogens is 4. The molecule has 2 aromatic heterocycles. The molecule has 4 rings (SSSR count). The molecule has 0 spiro atoms. The molecular weight excluding hydrogens is 587 g/mol. The predicted molar refractivity (Wildman–Crippen MR) is 155 cm³/mol. The van der Waals surface area contributed by atoms with Crippen molar-refractivity contribution in [2.75, 3.05) is 5.32 Å². The quantitative estimate of drug-likeness (QED) is 0.205. The zero-order valence-electron chi connectivity index (χ0n) is 23.3. The first kappa shape index (κ1) is 31.4. The fourth-order valence-corrected chi connectivity index (χ4v) is 4.68. The average molecular weight is 616 g/mol. The lowest BCUT2D eigenvalue weighted by atomic mass is 10.0. The van der Waals surface area contributed by atoms with Crippen LogP contribution in [0.15, 0.2) is 65.8 Å². The zero-order valence-corrected chi connectivity index (χ0v) is 24.1. The summed E-state index contributed by atoms with van der Waals surface area (Å²) in [6.45, 7) is 4.23. The zero-order chi connectivity index (χ0) is 31.1. The van der Waals surface area contributed by atoms with E-state index in [4.69, 9.17) is 11.6 Å². The maximum Gasteiger partial charge on any atom is 0.436 e. The highest BCUT2D eigenvalue weighted by molar-refractivity contribution is 6.31. The number of carbonyl (C=O) groups excluding carboxylic acids is 2. The van der Waals surface area contributed by atoms with E-state index >= 15 is 0 Å². The van der Waals surface area contributed by atoms with Crippen LogP contribution in [0.4, 0.5) is 18.9 Å². The highest BCUT2D eigenvalue weighted by atomic mass is 35.5. The Bertz CT molecular complexity index is 1650. The van der Waals surface area contributed by atoms with Gasteiger partial charge < -0.3 is 10.6 Å². The molecule has 0 aliphatic rings. The second-order valence-electron chi connectivity index (χ2n) is 10.2. The molecule has 0 fully saturated rings. The standard InChI is InChI=1S/C29H29ClF3N7O3/c1-18(2)6-5-9-25(28(43)34-14-19-7-3-4-8-22(19)36-17-41)39-16-35-23(13-27(39)42)21-12-20(30)10-11-24(21)40-15-26(37-38-40)29(31,32)33/h3-4,7-8,10-13,15-18,25H,5-6,9,14H2,1-2H3,(H,34,43)(H,36,41)/t25-/m0/s1. The number of anilines is 1. The Morgan fingerprint density at radius 3 is 2.56 bits per heavy atom. The number of carbonyl (C=O) groups is 2. The predicted octanol–water partition coefficient (Wildman–Crippen LogP) is 5.42. The van der Waals surface area contributed by atoms with E-state index in [-0.39, 0.29) is 28.5 Å². The molecule has 4 aromatic rings. The van der Waals surface area contributed by atoms with Crippen LogP contribution in [0.1, 0.15) is 50.4 Å². The largest absolute Gasteiger partial charge is 0.436 e. The van der Waals surface area contributed by atoms with Gasteiger partial charge in [0.2, 0.25) is 12.3 Å². The molecule has 0 saturated carbocycles. The van der Waals surface area contributed by atoms with Crippen molar-refractivity contribution in [1.29, 1.82) is 0 Å². The summed E-state index contributed by atoms with van der Waals surface area (Å²) in [4.78, 5) is 42.2. The summed E-state index contributed by atoms with van der Waals surface area (Å²) < 4.78 is 41.6. The molecule has 14 heteroatoms. The molecule has 2 aromatic carbocycles. The van der Waals surface area contributed by atoms with Crippen molar-refractivity contribution in [3.8, 4) is 16.9 Å². The molecule has 0 aliphatic heterocycles. The first-order valence-corrected chi connectivity index (χ1v) is 13.8. The van der Waals surface area contributed by atoms with Crippen LogP contribution in [-0.4, -0.2) is 36.9 Å². The summed E-state index contributed by atoms with van der Waals surface area (Å²) in [5, 5.41) is 12.5. The van der Waals surface area contributed by atoms with Gasteiger partial charge in [0.25, 0.3) is 5.56 Å². The van der Waals surface area contributed by atoms with E-state index in [0.29, 0.717) is 36.4 Å². The van der Waals surface area contributed by atoms with Gasteiger partial charge in [-0.1, -0.05) is 61.7 Å². The van der Waals surface area contributed by atoms with Crippen LogP contribution in [0.2, 0.25) is 5.02 Å². The van der Waals surface area contributed by atoms with Gasteiger partial charge in [-0.2, -0.15) is 13.2 Å². The highest BCUT2D eigenvalue weighted by Crippen LogP contribution is 2.31. The smallest absolute Gasteiger partial charge is 0.350 e. The summed E-state index contributed by atoms with van der Waals surface area (Å²) >= 11 is 6.18. The van der Waals surface area contributed by atoms with Crippen LogP contribution in [0.5, 0.6) is 0 Å². The molecule has 226 valence electrons. The topological polar surface area (TPSA) is 124 Å². The second kappa shape index (κ2) is 13.6. The Labute approximate surface area is 249 Å². The normalized spacial score (nSPS) is 12.3. The van der Waals surface area contributed by atoms with E-state index in [1.54, 1.807) is 24.3 Å². The van der Waals surface area contributed by atoms with Gasteiger partial charge in [-0.25, -0.2) is 9.67 Å².